The van der Waals surface area contributed by atoms with E-state index in [2.05, 4.69) is 15.6 Å². The van der Waals surface area contributed by atoms with Gasteiger partial charge in [-0.2, -0.15) is 0 Å². The Morgan fingerprint density at radius 3 is 2.22 bits per heavy atom. The number of nitrogens with two attached hydrogens (primary N) is 1. The van der Waals surface area contributed by atoms with Crippen LogP contribution in [0.4, 0.5) is 21.0 Å². The maximum atomic E-state index is 11.7. The third kappa shape index (κ3) is 2.85. The maximum Gasteiger partial charge on any atom is 0.331 e. The lowest BCUT2D eigenvalue weighted by Gasteiger charge is -2.06. The molecular formula is C11H11N5O2. The molecule has 3 amide bonds. The molecule has 1 heterocycles. The van der Waals surface area contributed by atoms with Gasteiger partial charge in [0.2, 0.25) is 0 Å². The maximum absolute atomic E-state index is 11.7. The molecule has 1 aromatic heterocycles. The van der Waals surface area contributed by atoms with Crippen molar-refractivity contribution < 1.29 is 9.59 Å². The quantitative estimate of drug-likeness (QED) is 0.746. The molecule has 0 aliphatic rings. The van der Waals surface area contributed by atoms with E-state index in [-0.39, 0.29) is 6.03 Å². The van der Waals surface area contributed by atoms with Crippen LogP contribution >= 0.6 is 0 Å². The lowest BCUT2D eigenvalue weighted by atomic mass is 10.3. The van der Waals surface area contributed by atoms with E-state index in [0.29, 0.717) is 11.4 Å². The van der Waals surface area contributed by atoms with Crippen molar-refractivity contribution in [1.29, 1.82) is 0 Å². The Labute approximate surface area is 103 Å². The van der Waals surface area contributed by atoms with Gasteiger partial charge in [0, 0.05) is 23.8 Å². The number of aromatic nitrogens is 2. The molecule has 4 N–H and O–H groups in total. The van der Waals surface area contributed by atoms with Crippen molar-refractivity contribution in [2.45, 2.75) is 0 Å². The summed E-state index contributed by atoms with van der Waals surface area (Å²) < 4.78 is 1.32. The average molecular weight is 245 g/mol. The summed E-state index contributed by atoms with van der Waals surface area (Å²) in [6.45, 7) is 0. The Morgan fingerprint density at radius 1 is 1.11 bits per heavy atom. The molecule has 92 valence electrons. The zero-order valence-corrected chi connectivity index (χ0v) is 9.33. The highest BCUT2D eigenvalue weighted by Crippen LogP contribution is 2.13. The third-order valence-corrected chi connectivity index (χ3v) is 2.14. The number of amides is 3. The average Bonchev–Trinajstić information content (AvgIpc) is 2.84. The second kappa shape index (κ2) is 5.00. The molecular weight excluding hydrogens is 234 g/mol. The molecule has 0 radical (unpaired) electrons. The molecule has 0 unspecified atom stereocenters. The van der Waals surface area contributed by atoms with Gasteiger partial charge < -0.3 is 16.4 Å². The highest BCUT2D eigenvalue weighted by Gasteiger charge is 2.03. The van der Waals surface area contributed by atoms with E-state index < -0.39 is 6.03 Å². The summed E-state index contributed by atoms with van der Waals surface area (Å²) >= 11 is 0. The molecule has 0 aliphatic carbocycles. The van der Waals surface area contributed by atoms with E-state index in [0.717, 1.165) is 0 Å². The van der Waals surface area contributed by atoms with Crippen LogP contribution in [0.15, 0.2) is 43.0 Å². The number of carbonyl (C=O) groups is 2. The van der Waals surface area contributed by atoms with Crippen LogP contribution in [0, 0.1) is 0 Å². The lowest BCUT2D eigenvalue weighted by molar-refractivity contribution is 0.253. The van der Waals surface area contributed by atoms with Gasteiger partial charge in [0.25, 0.3) is 0 Å². The van der Waals surface area contributed by atoms with Crippen LogP contribution in [0.2, 0.25) is 0 Å². The molecule has 7 heteroatoms. The van der Waals surface area contributed by atoms with Crippen molar-refractivity contribution in [3.63, 3.8) is 0 Å². The fraction of sp³-hybridized carbons (Fsp3) is 0. The Hall–Kier alpha value is -2.83. The summed E-state index contributed by atoms with van der Waals surface area (Å²) in [5.41, 5.74) is 6.14. The topological polar surface area (TPSA) is 102 Å². The fourth-order valence-electron chi connectivity index (χ4n) is 1.35. The first kappa shape index (κ1) is 11.6. The van der Waals surface area contributed by atoms with Crippen molar-refractivity contribution in [2.24, 2.45) is 5.73 Å². The molecule has 1 aromatic carbocycles. The Bertz CT molecular complexity index is 547. The first-order valence-corrected chi connectivity index (χ1v) is 5.11. The van der Waals surface area contributed by atoms with Gasteiger partial charge in [-0.3, -0.25) is 4.57 Å². The van der Waals surface area contributed by atoms with Crippen LogP contribution in [0.5, 0.6) is 0 Å². The summed E-state index contributed by atoms with van der Waals surface area (Å²) in [6.07, 6.45) is 4.45. The second-order valence-corrected chi connectivity index (χ2v) is 3.47. The predicted octanol–water partition coefficient (Wildman–Crippen LogP) is 1.45. The monoisotopic (exact) mass is 245 g/mol. The molecule has 7 nitrogen and oxygen atoms in total. The number of hydrogen-bond donors (Lipinski definition) is 3. The van der Waals surface area contributed by atoms with Crippen molar-refractivity contribution in [2.75, 3.05) is 10.6 Å². The van der Waals surface area contributed by atoms with Crippen molar-refractivity contribution in [3.05, 3.63) is 43.0 Å². The minimum atomic E-state index is -0.634. The minimum Gasteiger partial charge on any atom is -0.351 e. The summed E-state index contributed by atoms with van der Waals surface area (Å²) in [4.78, 5) is 26.1. The second-order valence-electron chi connectivity index (χ2n) is 3.47. The number of primary amides is 1. The van der Waals surface area contributed by atoms with Crippen molar-refractivity contribution in [1.82, 2.24) is 9.55 Å². The van der Waals surface area contributed by atoms with Crippen molar-refractivity contribution >= 4 is 23.4 Å². The molecule has 18 heavy (non-hydrogen) atoms. The smallest absolute Gasteiger partial charge is 0.331 e. The Morgan fingerprint density at radius 2 is 1.72 bits per heavy atom. The van der Waals surface area contributed by atoms with Gasteiger partial charge in [0.05, 0.1) is 0 Å². The molecule has 0 spiro atoms. The molecule has 2 aromatic rings. The molecule has 2 rings (SSSR count). The van der Waals surface area contributed by atoms with Crippen LogP contribution in [0.3, 0.4) is 0 Å². The van der Waals surface area contributed by atoms with Gasteiger partial charge in [0.15, 0.2) is 0 Å². The van der Waals surface area contributed by atoms with Crippen molar-refractivity contribution in [3.8, 4) is 0 Å². The molecule has 0 fully saturated rings. The summed E-state index contributed by atoms with van der Waals surface area (Å²) in [5.74, 6) is 0. The molecule has 0 saturated heterocycles. The Kier molecular flexibility index (Phi) is 3.24. The number of nitrogens with one attached hydrogen (secondary N) is 2. The zero-order chi connectivity index (χ0) is 13.0. The van der Waals surface area contributed by atoms with E-state index in [1.165, 1.54) is 17.1 Å². The summed E-state index contributed by atoms with van der Waals surface area (Å²) in [5, 5.41) is 5.09. The van der Waals surface area contributed by atoms with Crippen LogP contribution < -0.4 is 16.4 Å². The zero-order valence-electron chi connectivity index (χ0n) is 9.33. The fourth-order valence-corrected chi connectivity index (χ4v) is 1.35. The van der Waals surface area contributed by atoms with Gasteiger partial charge in [-0.25, -0.2) is 14.6 Å². The highest BCUT2D eigenvalue weighted by molar-refractivity contribution is 5.92. The normalized spacial score (nSPS) is 9.78. The molecule has 0 saturated carbocycles. The number of hydrogen-bond acceptors (Lipinski definition) is 3. The van der Waals surface area contributed by atoms with Crippen LogP contribution in [-0.2, 0) is 0 Å². The Balaban J connectivity index is 2.02. The first-order valence-electron chi connectivity index (χ1n) is 5.11. The highest BCUT2D eigenvalue weighted by atomic mass is 16.2. The van der Waals surface area contributed by atoms with E-state index in [1.54, 1.807) is 30.5 Å². The van der Waals surface area contributed by atoms with Crippen LogP contribution in [0.1, 0.15) is 0 Å². The van der Waals surface area contributed by atoms with Gasteiger partial charge in [-0.1, -0.05) is 0 Å². The summed E-state index contributed by atoms with van der Waals surface area (Å²) in [6, 6.07) is 5.62. The van der Waals surface area contributed by atoms with E-state index in [9.17, 15) is 9.59 Å². The number of imidazole rings is 1. The predicted molar refractivity (Wildman–Crippen MR) is 66.3 cm³/mol. The first-order chi connectivity index (χ1) is 8.65. The van der Waals surface area contributed by atoms with E-state index in [4.69, 9.17) is 5.73 Å². The number of benzene rings is 1. The number of carbonyl (C=O) groups excluding carboxylic acids is 2. The standard InChI is InChI=1S/C11H11N5O2/c12-10(17)14-8-1-3-9(4-2-8)15-11(18)16-6-5-13-7-16/h1-7H,(H,15,18)(H3,12,14,17). The molecule has 0 bridgehead atoms. The number of urea groups is 1. The van der Waals surface area contributed by atoms with Gasteiger partial charge in [0.1, 0.15) is 6.33 Å². The number of nitrogens with zero attached hydrogens (tertiary/aromatic N) is 2. The van der Waals surface area contributed by atoms with Gasteiger partial charge in [-0.15, -0.1) is 0 Å². The molecule has 0 atom stereocenters. The third-order valence-electron chi connectivity index (χ3n) is 2.14. The summed E-state index contributed by atoms with van der Waals surface area (Å²) in [7, 11) is 0. The largest absolute Gasteiger partial charge is 0.351 e. The van der Waals surface area contributed by atoms with Gasteiger partial charge in [-0.05, 0) is 24.3 Å². The van der Waals surface area contributed by atoms with Gasteiger partial charge >= 0.3 is 12.1 Å². The number of rotatable bonds is 2. The van der Waals surface area contributed by atoms with Crippen LogP contribution in [0.25, 0.3) is 0 Å². The van der Waals surface area contributed by atoms with Crippen LogP contribution in [-0.4, -0.2) is 21.6 Å². The number of anilines is 2. The lowest BCUT2D eigenvalue weighted by Crippen LogP contribution is -2.19. The van der Waals surface area contributed by atoms with E-state index >= 15 is 0 Å². The SMILES string of the molecule is NC(=O)Nc1ccc(NC(=O)n2ccnc2)cc1. The molecule has 0 aliphatic heterocycles. The van der Waals surface area contributed by atoms with E-state index in [1.807, 2.05) is 0 Å². The minimum absolute atomic E-state index is 0.317.